The summed E-state index contributed by atoms with van der Waals surface area (Å²) in [6.07, 6.45) is -5.21. The SMILES string of the molecule is CCCCC(F)(c1ccc(Br)cc1)c1cc(C(C)OC(=O)C2C(Oc3ccc4c(c3)OCO4)C2(C)C)cc(C(F)(F)F)c1. The Hall–Kier alpha value is -3.27. The van der Waals surface area contributed by atoms with E-state index in [-0.39, 0.29) is 29.9 Å². The lowest BCUT2D eigenvalue weighted by Gasteiger charge is -2.29. The van der Waals surface area contributed by atoms with E-state index in [0.29, 0.717) is 30.1 Å². The van der Waals surface area contributed by atoms with Crippen LogP contribution >= 0.6 is 15.9 Å². The minimum Gasteiger partial charge on any atom is -0.489 e. The summed E-state index contributed by atoms with van der Waals surface area (Å²) in [5.41, 5.74) is -3.59. The maximum Gasteiger partial charge on any atom is 0.416 e. The van der Waals surface area contributed by atoms with Crippen LogP contribution in [0.5, 0.6) is 17.2 Å². The van der Waals surface area contributed by atoms with E-state index in [9.17, 15) is 18.0 Å². The summed E-state index contributed by atoms with van der Waals surface area (Å²) in [4.78, 5) is 13.3. The van der Waals surface area contributed by atoms with E-state index in [0.717, 1.165) is 16.6 Å². The highest BCUT2D eigenvalue weighted by molar-refractivity contribution is 9.10. The minimum atomic E-state index is -4.73. The highest BCUT2D eigenvalue weighted by atomic mass is 79.9. The van der Waals surface area contributed by atoms with E-state index in [4.69, 9.17) is 18.9 Å². The van der Waals surface area contributed by atoms with Gasteiger partial charge in [0.05, 0.1) is 5.56 Å². The third kappa shape index (κ3) is 6.35. The van der Waals surface area contributed by atoms with Crippen molar-refractivity contribution in [2.75, 3.05) is 6.79 Å². The van der Waals surface area contributed by atoms with Crippen LogP contribution in [-0.2, 0) is 21.4 Å². The smallest absolute Gasteiger partial charge is 0.416 e. The molecule has 1 fully saturated rings. The molecule has 0 spiro atoms. The summed E-state index contributed by atoms with van der Waals surface area (Å²) < 4.78 is 82.4. The lowest BCUT2D eigenvalue weighted by molar-refractivity contribution is -0.151. The van der Waals surface area contributed by atoms with Gasteiger partial charge in [-0.05, 0) is 78.9 Å². The summed E-state index contributed by atoms with van der Waals surface area (Å²) in [6.45, 7) is 7.21. The quantitative estimate of drug-likeness (QED) is 0.160. The maximum atomic E-state index is 16.9. The van der Waals surface area contributed by atoms with E-state index in [1.54, 1.807) is 42.5 Å². The second-order valence-electron chi connectivity index (χ2n) is 11.7. The Morgan fingerprint density at radius 2 is 1.65 bits per heavy atom. The fraction of sp³-hybridized carbons (Fsp3) is 0.424. The van der Waals surface area contributed by atoms with E-state index in [2.05, 4.69) is 15.9 Å². The molecule has 1 aliphatic carbocycles. The Balaban J connectivity index is 1.40. The van der Waals surface area contributed by atoms with E-state index >= 15 is 4.39 Å². The van der Waals surface area contributed by atoms with Crippen LogP contribution in [-0.4, -0.2) is 18.9 Å². The molecular weight excluding hydrogens is 632 g/mol. The number of hydrogen-bond donors (Lipinski definition) is 0. The van der Waals surface area contributed by atoms with Gasteiger partial charge in [-0.3, -0.25) is 4.79 Å². The molecule has 1 aliphatic heterocycles. The number of benzene rings is 3. The summed E-state index contributed by atoms with van der Waals surface area (Å²) in [5.74, 6) is 0.369. The standard InChI is InChI=1S/C33H33BrF4O5/c1-5-6-13-32(35,21-7-9-24(34)10-8-21)22-14-20(15-23(16-22)33(36,37)38)19(2)42-30(39)28-29(31(28,3)4)43-25-11-12-26-27(17-25)41-18-40-26/h7-12,14-17,19,28-29H,5-6,13,18H2,1-4H3. The van der Waals surface area contributed by atoms with E-state index < -0.39 is 46.9 Å². The molecular formula is C33H33BrF4O5. The number of carbonyl (C=O) groups excluding carboxylic acids is 1. The van der Waals surface area contributed by atoms with Gasteiger partial charge in [0.25, 0.3) is 0 Å². The molecule has 230 valence electrons. The molecule has 0 aromatic heterocycles. The van der Waals surface area contributed by atoms with Crippen molar-refractivity contribution in [3.05, 3.63) is 87.4 Å². The highest BCUT2D eigenvalue weighted by Gasteiger charge is 2.65. The third-order valence-corrected chi connectivity index (χ3v) is 8.80. The van der Waals surface area contributed by atoms with Crippen molar-refractivity contribution in [3.8, 4) is 17.2 Å². The van der Waals surface area contributed by atoms with Crippen LogP contribution in [0.2, 0.25) is 0 Å². The zero-order valence-corrected chi connectivity index (χ0v) is 25.9. The first-order valence-corrected chi connectivity index (χ1v) is 15.0. The number of esters is 1. The molecule has 43 heavy (non-hydrogen) atoms. The van der Waals surface area contributed by atoms with Gasteiger partial charge in [0.15, 0.2) is 17.2 Å². The molecule has 5 nitrogen and oxygen atoms in total. The molecule has 2 aliphatic rings. The first kappa shape index (κ1) is 31.2. The zero-order valence-electron chi connectivity index (χ0n) is 24.3. The molecule has 4 unspecified atom stereocenters. The van der Waals surface area contributed by atoms with Gasteiger partial charge in [-0.25, -0.2) is 4.39 Å². The Labute approximate surface area is 256 Å². The molecule has 1 saturated carbocycles. The largest absolute Gasteiger partial charge is 0.489 e. The third-order valence-electron chi connectivity index (χ3n) is 8.27. The average Bonchev–Trinajstić information content (AvgIpc) is 3.25. The molecule has 5 rings (SSSR count). The van der Waals surface area contributed by atoms with Crippen LogP contribution < -0.4 is 14.2 Å². The molecule has 0 N–H and O–H groups in total. The Morgan fingerprint density at radius 1 is 0.977 bits per heavy atom. The van der Waals surface area contributed by atoms with Gasteiger partial charge in [-0.1, -0.05) is 55.3 Å². The first-order valence-electron chi connectivity index (χ1n) is 14.2. The predicted octanol–water partition coefficient (Wildman–Crippen LogP) is 9.31. The highest BCUT2D eigenvalue weighted by Crippen LogP contribution is 2.55. The molecule has 10 heteroatoms. The number of hydrogen-bond acceptors (Lipinski definition) is 5. The van der Waals surface area contributed by atoms with Crippen LogP contribution in [0.4, 0.5) is 17.6 Å². The monoisotopic (exact) mass is 664 g/mol. The van der Waals surface area contributed by atoms with Crippen LogP contribution in [0.25, 0.3) is 0 Å². The van der Waals surface area contributed by atoms with Crippen LogP contribution in [0.15, 0.2) is 65.1 Å². The topological polar surface area (TPSA) is 54.0 Å². The lowest BCUT2D eigenvalue weighted by Crippen LogP contribution is -2.24. The molecule has 3 aromatic rings. The van der Waals surface area contributed by atoms with Crippen LogP contribution in [0, 0.1) is 11.3 Å². The summed E-state index contributed by atoms with van der Waals surface area (Å²) >= 11 is 3.33. The van der Waals surface area contributed by atoms with Gasteiger partial charge >= 0.3 is 12.1 Å². The van der Waals surface area contributed by atoms with Crippen molar-refractivity contribution < 1.29 is 41.3 Å². The molecule has 4 atom stereocenters. The van der Waals surface area contributed by atoms with Gasteiger partial charge in [-0.15, -0.1) is 0 Å². The molecule has 0 amide bonds. The molecule has 1 heterocycles. The number of alkyl halides is 4. The molecule has 0 saturated heterocycles. The average molecular weight is 666 g/mol. The fourth-order valence-electron chi connectivity index (χ4n) is 5.52. The predicted molar refractivity (Wildman–Crippen MR) is 156 cm³/mol. The Bertz CT molecular complexity index is 1490. The molecule has 3 aromatic carbocycles. The molecule has 0 radical (unpaired) electrons. The van der Waals surface area contributed by atoms with Gasteiger partial charge in [0.2, 0.25) is 6.79 Å². The Morgan fingerprint density at radius 3 is 2.33 bits per heavy atom. The van der Waals surface area contributed by atoms with Gasteiger partial charge in [0.1, 0.15) is 23.9 Å². The van der Waals surface area contributed by atoms with Gasteiger partial charge in [0, 0.05) is 16.0 Å². The van der Waals surface area contributed by atoms with Crippen molar-refractivity contribution in [2.24, 2.45) is 11.3 Å². The number of rotatable bonds is 10. The lowest BCUT2D eigenvalue weighted by atomic mass is 9.82. The number of ether oxygens (including phenoxy) is 4. The van der Waals surface area contributed by atoms with Crippen molar-refractivity contribution in [1.29, 1.82) is 0 Å². The van der Waals surface area contributed by atoms with Crippen LogP contribution in [0.1, 0.15) is 75.3 Å². The van der Waals surface area contributed by atoms with Gasteiger partial charge in [-0.2, -0.15) is 13.2 Å². The summed E-state index contributed by atoms with van der Waals surface area (Å²) in [7, 11) is 0. The first-order chi connectivity index (χ1) is 20.2. The van der Waals surface area contributed by atoms with Crippen molar-refractivity contribution in [2.45, 2.75) is 71.0 Å². The van der Waals surface area contributed by atoms with Gasteiger partial charge < -0.3 is 18.9 Å². The number of halogens is 5. The number of unbranched alkanes of at least 4 members (excludes halogenated alkanes) is 1. The minimum absolute atomic E-state index is 0.00477. The summed E-state index contributed by atoms with van der Waals surface area (Å²) in [5, 5.41) is 0. The van der Waals surface area contributed by atoms with Crippen LogP contribution in [0.3, 0.4) is 0 Å². The fourth-order valence-corrected chi connectivity index (χ4v) is 5.78. The summed E-state index contributed by atoms with van der Waals surface area (Å²) in [6, 6.07) is 14.7. The second-order valence-corrected chi connectivity index (χ2v) is 12.6. The van der Waals surface area contributed by atoms with E-state index in [1.165, 1.54) is 13.0 Å². The Kier molecular flexibility index (Phi) is 8.46. The van der Waals surface area contributed by atoms with Crippen molar-refractivity contribution in [3.63, 3.8) is 0 Å². The normalized spacial score (nSPS) is 20.7. The zero-order chi connectivity index (χ0) is 31.2. The maximum absolute atomic E-state index is 16.9. The second kappa shape index (κ2) is 11.7. The molecule has 0 bridgehead atoms. The van der Waals surface area contributed by atoms with E-state index in [1.807, 2.05) is 20.8 Å². The number of fused-ring (bicyclic) bond motifs is 1. The van der Waals surface area contributed by atoms with Crippen molar-refractivity contribution in [1.82, 2.24) is 0 Å². The van der Waals surface area contributed by atoms with Crippen molar-refractivity contribution >= 4 is 21.9 Å². The number of carbonyl (C=O) groups is 1.